The van der Waals surface area contributed by atoms with Gasteiger partial charge in [-0.15, -0.1) is 0 Å². The number of aromatic nitrogens is 2. The predicted octanol–water partition coefficient (Wildman–Crippen LogP) is 5.15. The number of sulfonamides is 1. The maximum atomic E-state index is 13.1. The van der Waals surface area contributed by atoms with E-state index in [0.29, 0.717) is 42.0 Å². The van der Waals surface area contributed by atoms with Crippen molar-refractivity contribution in [3.8, 4) is 11.4 Å². The van der Waals surface area contributed by atoms with E-state index in [-0.39, 0.29) is 10.8 Å². The molecular formula is C27H28N4O3S. The molecule has 2 heterocycles. The number of imidazole rings is 1. The Balaban J connectivity index is 1.36. The number of hydrogen-bond acceptors (Lipinski definition) is 4. The second-order valence-electron chi connectivity index (χ2n) is 9.39. The largest absolute Gasteiger partial charge is 0.338 e. The number of amides is 1. The molecule has 5 rings (SSSR count). The molecule has 0 unspecified atom stereocenters. The number of anilines is 1. The van der Waals surface area contributed by atoms with Crippen molar-refractivity contribution in [1.82, 2.24) is 14.3 Å². The number of para-hydroxylation sites is 3. The van der Waals surface area contributed by atoms with E-state index in [1.807, 2.05) is 48.5 Å². The van der Waals surface area contributed by atoms with Crippen molar-refractivity contribution in [1.29, 1.82) is 0 Å². The van der Waals surface area contributed by atoms with E-state index in [1.165, 1.54) is 12.1 Å². The van der Waals surface area contributed by atoms with Gasteiger partial charge in [0, 0.05) is 24.2 Å². The fourth-order valence-electron chi connectivity index (χ4n) is 4.80. The lowest BCUT2D eigenvalue weighted by molar-refractivity contribution is 0.102. The van der Waals surface area contributed by atoms with Crippen molar-refractivity contribution < 1.29 is 13.2 Å². The van der Waals surface area contributed by atoms with Crippen LogP contribution < -0.4 is 5.32 Å². The van der Waals surface area contributed by atoms with Crippen LogP contribution in [0.4, 0.5) is 5.69 Å². The number of rotatable bonds is 5. The first-order valence-electron chi connectivity index (χ1n) is 11.8. The third kappa shape index (κ3) is 4.72. The van der Waals surface area contributed by atoms with E-state index in [0.717, 1.165) is 23.0 Å². The van der Waals surface area contributed by atoms with Gasteiger partial charge in [0.2, 0.25) is 10.0 Å². The molecule has 1 saturated heterocycles. The molecule has 0 saturated carbocycles. The van der Waals surface area contributed by atoms with Gasteiger partial charge in [0.1, 0.15) is 5.82 Å². The zero-order valence-electron chi connectivity index (χ0n) is 19.7. The first-order valence-corrected chi connectivity index (χ1v) is 13.2. The molecule has 180 valence electrons. The molecule has 1 aromatic heterocycles. The van der Waals surface area contributed by atoms with E-state index >= 15 is 0 Å². The molecule has 1 fully saturated rings. The number of fused-ring (bicyclic) bond motifs is 1. The van der Waals surface area contributed by atoms with Gasteiger partial charge in [0.15, 0.2) is 0 Å². The Morgan fingerprint density at radius 2 is 1.60 bits per heavy atom. The third-order valence-electron chi connectivity index (χ3n) is 6.41. The molecule has 1 aliphatic heterocycles. The number of aromatic amines is 1. The number of nitrogens with zero attached hydrogens (tertiary/aromatic N) is 2. The zero-order valence-corrected chi connectivity index (χ0v) is 20.5. The van der Waals surface area contributed by atoms with Crippen molar-refractivity contribution in [3.63, 3.8) is 0 Å². The highest BCUT2D eigenvalue weighted by atomic mass is 32.2. The Bertz CT molecular complexity index is 1430. The fourth-order valence-corrected chi connectivity index (χ4v) is 6.48. The summed E-state index contributed by atoms with van der Waals surface area (Å²) in [4.78, 5) is 21.2. The van der Waals surface area contributed by atoms with Crippen LogP contribution in [-0.4, -0.2) is 41.7 Å². The summed E-state index contributed by atoms with van der Waals surface area (Å²) in [6, 6.07) is 21.3. The van der Waals surface area contributed by atoms with Crippen LogP contribution in [0.3, 0.4) is 0 Å². The summed E-state index contributed by atoms with van der Waals surface area (Å²) in [5, 5.41) is 2.94. The third-order valence-corrected chi connectivity index (χ3v) is 8.26. The molecule has 0 spiro atoms. The minimum atomic E-state index is -3.60. The lowest BCUT2D eigenvalue weighted by atomic mass is 9.94. The van der Waals surface area contributed by atoms with Gasteiger partial charge in [-0.05, 0) is 66.8 Å². The van der Waals surface area contributed by atoms with Crippen LogP contribution in [0.2, 0.25) is 0 Å². The van der Waals surface area contributed by atoms with Crippen LogP contribution in [0.1, 0.15) is 30.6 Å². The predicted molar refractivity (Wildman–Crippen MR) is 138 cm³/mol. The molecule has 7 nitrogen and oxygen atoms in total. The molecule has 1 amide bonds. The van der Waals surface area contributed by atoms with Crippen molar-refractivity contribution >= 4 is 32.7 Å². The monoisotopic (exact) mass is 488 g/mol. The molecule has 0 radical (unpaired) electrons. The lowest BCUT2D eigenvalue weighted by Gasteiger charge is -2.34. The summed E-state index contributed by atoms with van der Waals surface area (Å²) in [5.41, 5.74) is 3.52. The van der Waals surface area contributed by atoms with Crippen LogP contribution in [0, 0.1) is 11.8 Å². The Hall–Kier alpha value is -3.49. The van der Waals surface area contributed by atoms with Gasteiger partial charge in [-0.3, -0.25) is 4.79 Å². The molecule has 35 heavy (non-hydrogen) atoms. The highest BCUT2D eigenvalue weighted by molar-refractivity contribution is 7.89. The van der Waals surface area contributed by atoms with Crippen LogP contribution in [0.25, 0.3) is 22.4 Å². The summed E-state index contributed by atoms with van der Waals surface area (Å²) >= 11 is 0. The van der Waals surface area contributed by atoms with Crippen LogP contribution >= 0.6 is 0 Å². The van der Waals surface area contributed by atoms with Gasteiger partial charge >= 0.3 is 0 Å². The topological polar surface area (TPSA) is 95.2 Å². The summed E-state index contributed by atoms with van der Waals surface area (Å²) in [6.45, 7) is 5.20. The summed E-state index contributed by atoms with van der Waals surface area (Å²) < 4.78 is 27.8. The van der Waals surface area contributed by atoms with Gasteiger partial charge in [0.25, 0.3) is 5.91 Å². The number of carbonyl (C=O) groups is 1. The van der Waals surface area contributed by atoms with Crippen molar-refractivity contribution in [3.05, 3.63) is 78.4 Å². The van der Waals surface area contributed by atoms with Crippen LogP contribution in [0.15, 0.2) is 77.7 Å². The summed E-state index contributed by atoms with van der Waals surface area (Å²) in [5.74, 6) is 0.988. The number of hydrogen-bond donors (Lipinski definition) is 2. The van der Waals surface area contributed by atoms with Crippen molar-refractivity contribution in [2.24, 2.45) is 11.8 Å². The molecule has 3 aromatic carbocycles. The average Bonchev–Trinajstić information content (AvgIpc) is 3.28. The van der Waals surface area contributed by atoms with E-state index in [2.05, 4.69) is 29.1 Å². The second-order valence-corrected chi connectivity index (χ2v) is 11.3. The Morgan fingerprint density at radius 1 is 0.943 bits per heavy atom. The molecule has 2 N–H and O–H groups in total. The minimum absolute atomic E-state index is 0.207. The number of nitrogens with one attached hydrogen (secondary N) is 2. The summed E-state index contributed by atoms with van der Waals surface area (Å²) in [7, 11) is -3.60. The minimum Gasteiger partial charge on any atom is -0.338 e. The first kappa shape index (κ1) is 23.3. The van der Waals surface area contributed by atoms with E-state index < -0.39 is 10.0 Å². The van der Waals surface area contributed by atoms with E-state index in [1.54, 1.807) is 16.4 Å². The molecular weight excluding hydrogens is 460 g/mol. The number of piperidine rings is 1. The van der Waals surface area contributed by atoms with Gasteiger partial charge < -0.3 is 10.3 Å². The van der Waals surface area contributed by atoms with Gasteiger partial charge in [-0.1, -0.05) is 38.1 Å². The smallest absolute Gasteiger partial charge is 0.255 e. The lowest BCUT2D eigenvalue weighted by Crippen LogP contribution is -2.42. The molecule has 8 heteroatoms. The Kier molecular flexibility index (Phi) is 6.17. The van der Waals surface area contributed by atoms with Crippen molar-refractivity contribution in [2.75, 3.05) is 18.4 Å². The van der Waals surface area contributed by atoms with Gasteiger partial charge in [0.05, 0.1) is 21.6 Å². The van der Waals surface area contributed by atoms with E-state index in [9.17, 15) is 13.2 Å². The van der Waals surface area contributed by atoms with Gasteiger partial charge in [-0.25, -0.2) is 13.4 Å². The normalized spacial score (nSPS) is 19.0. The quantitative estimate of drug-likeness (QED) is 0.406. The van der Waals surface area contributed by atoms with Crippen LogP contribution in [-0.2, 0) is 10.0 Å². The van der Waals surface area contributed by atoms with Gasteiger partial charge in [-0.2, -0.15) is 4.31 Å². The highest BCUT2D eigenvalue weighted by Crippen LogP contribution is 2.29. The molecule has 4 aromatic rings. The maximum Gasteiger partial charge on any atom is 0.255 e. The molecule has 0 aliphatic carbocycles. The van der Waals surface area contributed by atoms with Crippen molar-refractivity contribution in [2.45, 2.75) is 25.2 Å². The standard InChI is InChI=1S/C27H28N4O3S/c1-18-15-19(2)17-31(16-18)35(33,34)21-13-11-20(12-14-21)27(32)30-23-8-4-3-7-22(23)26-28-24-9-5-6-10-25(24)29-26/h3-14,18-19H,15-17H2,1-2H3,(H,28,29)(H,30,32)/t18-,19-/m0/s1. The molecule has 2 atom stereocenters. The summed E-state index contributed by atoms with van der Waals surface area (Å²) in [6.07, 6.45) is 1.03. The molecule has 0 bridgehead atoms. The zero-order chi connectivity index (χ0) is 24.6. The number of carbonyl (C=O) groups excluding carboxylic acids is 1. The second kappa shape index (κ2) is 9.28. The van der Waals surface area contributed by atoms with Crippen LogP contribution in [0.5, 0.6) is 0 Å². The number of benzene rings is 3. The Labute approximate surface area is 205 Å². The maximum absolute atomic E-state index is 13.1. The number of H-pyrrole nitrogens is 1. The average molecular weight is 489 g/mol. The van der Waals surface area contributed by atoms with E-state index in [4.69, 9.17) is 0 Å². The fraction of sp³-hybridized carbons (Fsp3) is 0.259. The Morgan fingerprint density at radius 3 is 2.31 bits per heavy atom. The highest BCUT2D eigenvalue weighted by Gasteiger charge is 2.31. The molecule has 1 aliphatic rings. The first-order chi connectivity index (χ1) is 16.8. The SMILES string of the molecule is C[C@H]1C[C@H](C)CN(S(=O)(=O)c2ccc(C(=O)Nc3ccccc3-c3nc4ccccc4[nH]3)cc2)C1.